The van der Waals surface area contributed by atoms with Crippen LogP contribution in [0.3, 0.4) is 0 Å². The molecule has 1 N–H and O–H groups in total. The quantitative estimate of drug-likeness (QED) is 0.865. The van der Waals surface area contributed by atoms with E-state index in [-0.39, 0.29) is 5.92 Å². The third kappa shape index (κ3) is 2.86. The lowest BCUT2D eigenvalue weighted by molar-refractivity contribution is -0.141. The summed E-state index contributed by atoms with van der Waals surface area (Å²) in [5.41, 5.74) is -1.49. The molecule has 1 aromatic rings. The minimum Gasteiger partial charge on any atom is -0.389 e. The van der Waals surface area contributed by atoms with Crippen molar-refractivity contribution >= 4 is 5.82 Å². The van der Waals surface area contributed by atoms with E-state index in [1.807, 2.05) is 4.90 Å². The Kier molecular flexibility index (Phi) is 3.59. The number of aromatic nitrogens is 1. The van der Waals surface area contributed by atoms with Gasteiger partial charge in [-0.1, -0.05) is 18.9 Å². The van der Waals surface area contributed by atoms with Crippen molar-refractivity contribution in [3.8, 4) is 0 Å². The monoisotopic (exact) mass is 300 g/mol. The molecule has 21 heavy (non-hydrogen) atoms. The molecule has 0 amide bonds. The number of hydrogen-bond donors (Lipinski definition) is 1. The Morgan fingerprint density at radius 1 is 1.24 bits per heavy atom. The molecule has 0 bridgehead atoms. The number of hydrogen-bond acceptors (Lipinski definition) is 3. The highest BCUT2D eigenvalue weighted by atomic mass is 19.4. The van der Waals surface area contributed by atoms with E-state index in [1.165, 1.54) is 6.07 Å². The highest BCUT2D eigenvalue weighted by Crippen LogP contribution is 2.40. The van der Waals surface area contributed by atoms with Crippen LogP contribution in [0.2, 0.25) is 0 Å². The second-order valence-electron chi connectivity index (χ2n) is 6.12. The molecule has 6 heteroatoms. The Morgan fingerprint density at radius 2 is 2.05 bits per heavy atom. The molecule has 0 radical (unpaired) electrons. The zero-order valence-electron chi connectivity index (χ0n) is 11.7. The van der Waals surface area contributed by atoms with Crippen molar-refractivity contribution in [1.29, 1.82) is 0 Å². The average Bonchev–Trinajstić information content (AvgIpc) is 2.45. The van der Waals surface area contributed by atoms with E-state index < -0.39 is 17.5 Å². The number of anilines is 1. The summed E-state index contributed by atoms with van der Waals surface area (Å²) in [5.74, 6) is 0.494. The average molecular weight is 300 g/mol. The maximum Gasteiger partial charge on any atom is 0.433 e. The molecule has 1 aliphatic carbocycles. The Bertz CT molecular complexity index is 520. The number of nitrogens with zero attached hydrogens (tertiary/aromatic N) is 2. The van der Waals surface area contributed by atoms with Crippen molar-refractivity contribution in [3.63, 3.8) is 0 Å². The number of piperidine rings is 1. The highest BCUT2D eigenvalue weighted by molar-refractivity contribution is 5.41. The largest absolute Gasteiger partial charge is 0.433 e. The van der Waals surface area contributed by atoms with E-state index in [9.17, 15) is 18.3 Å². The fourth-order valence-corrected chi connectivity index (χ4v) is 3.54. The predicted octanol–water partition coefficient (Wildman–Crippen LogP) is 3.23. The first-order chi connectivity index (χ1) is 9.88. The first-order valence-corrected chi connectivity index (χ1v) is 7.40. The lowest BCUT2D eigenvalue weighted by Crippen LogP contribution is -2.53. The second kappa shape index (κ2) is 5.16. The van der Waals surface area contributed by atoms with E-state index in [0.29, 0.717) is 25.3 Å². The Balaban J connectivity index is 1.79. The molecule has 1 saturated carbocycles. The van der Waals surface area contributed by atoms with Crippen LogP contribution in [0, 0.1) is 5.92 Å². The van der Waals surface area contributed by atoms with Gasteiger partial charge in [0, 0.05) is 19.0 Å². The molecule has 0 aromatic carbocycles. The molecular weight excluding hydrogens is 281 g/mol. The van der Waals surface area contributed by atoms with Crippen LogP contribution >= 0.6 is 0 Å². The summed E-state index contributed by atoms with van der Waals surface area (Å²) in [7, 11) is 0. The number of halogens is 3. The molecule has 1 saturated heterocycles. The first kappa shape index (κ1) is 14.6. The summed E-state index contributed by atoms with van der Waals surface area (Å²) in [6, 6.07) is 4.00. The summed E-state index contributed by atoms with van der Waals surface area (Å²) in [5, 5.41) is 10.6. The van der Waals surface area contributed by atoms with E-state index in [4.69, 9.17) is 0 Å². The van der Waals surface area contributed by atoms with E-state index in [1.54, 1.807) is 6.07 Å². The van der Waals surface area contributed by atoms with Gasteiger partial charge >= 0.3 is 6.18 Å². The number of aliphatic hydroxyl groups is 1. The lowest BCUT2D eigenvalue weighted by atomic mass is 9.71. The molecule has 1 aromatic heterocycles. The number of pyridine rings is 1. The maximum atomic E-state index is 12.7. The lowest BCUT2D eigenvalue weighted by Gasteiger charge is -2.47. The Morgan fingerprint density at radius 3 is 2.81 bits per heavy atom. The minimum absolute atomic E-state index is 0.136. The van der Waals surface area contributed by atoms with Gasteiger partial charge in [0.1, 0.15) is 11.5 Å². The third-order valence-electron chi connectivity index (χ3n) is 4.78. The van der Waals surface area contributed by atoms with Gasteiger partial charge in [-0.2, -0.15) is 13.2 Å². The molecule has 2 atom stereocenters. The van der Waals surface area contributed by atoms with E-state index >= 15 is 0 Å². The van der Waals surface area contributed by atoms with Crippen molar-refractivity contribution in [2.45, 2.75) is 43.9 Å². The third-order valence-corrected chi connectivity index (χ3v) is 4.78. The van der Waals surface area contributed by atoms with Crippen molar-refractivity contribution in [2.24, 2.45) is 5.92 Å². The van der Waals surface area contributed by atoms with Crippen molar-refractivity contribution < 1.29 is 18.3 Å². The maximum absolute atomic E-state index is 12.7. The molecular formula is C15H19F3N2O. The summed E-state index contributed by atoms with van der Waals surface area (Å²) in [6.07, 6.45) is 0.0477. The van der Waals surface area contributed by atoms with Gasteiger partial charge in [-0.3, -0.25) is 0 Å². The SMILES string of the molecule is OC12CCCCC1CN(c1cccc(C(F)(F)F)n1)CC2. The van der Waals surface area contributed by atoms with Crippen LogP contribution in [0.15, 0.2) is 18.2 Å². The zero-order valence-corrected chi connectivity index (χ0v) is 11.7. The number of alkyl halides is 3. The van der Waals surface area contributed by atoms with E-state index in [2.05, 4.69) is 4.98 Å². The van der Waals surface area contributed by atoms with Gasteiger partial charge in [-0.05, 0) is 31.4 Å². The molecule has 2 heterocycles. The second-order valence-corrected chi connectivity index (χ2v) is 6.12. The van der Waals surface area contributed by atoms with Crippen LogP contribution in [0.4, 0.5) is 19.0 Å². The van der Waals surface area contributed by atoms with Crippen molar-refractivity contribution in [3.05, 3.63) is 23.9 Å². The fraction of sp³-hybridized carbons (Fsp3) is 0.667. The molecule has 116 valence electrons. The van der Waals surface area contributed by atoms with Crippen LogP contribution < -0.4 is 4.90 Å². The van der Waals surface area contributed by atoms with Gasteiger partial charge in [-0.15, -0.1) is 0 Å². The summed E-state index contributed by atoms with van der Waals surface area (Å²) >= 11 is 0. The van der Waals surface area contributed by atoms with Crippen LogP contribution in [-0.2, 0) is 6.18 Å². The van der Waals surface area contributed by atoms with Gasteiger partial charge in [0.05, 0.1) is 5.60 Å². The molecule has 3 rings (SSSR count). The molecule has 2 fully saturated rings. The number of rotatable bonds is 1. The highest BCUT2D eigenvalue weighted by Gasteiger charge is 2.43. The minimum atomic E-state index is -4.42. The van der Waals surface area contributed by atoms with Gasteiger partial charge in [0.25, 0.3) is 0 Å². The summed E-state index contributed by atoms with van der Waals surface area (Å²) in [4.78, 5) is 5.62. The van der Waals surface area contributed by atoms with Crippen LogP contribution in [0.1, 0.15) is 37.8 Å². The normalized spacial score (nSPS) is 30.1. The molecule has 3 nitrogen and oxygen atoms in total. The topological polar surface area (TPSA) is 36.4 Å². The van der Waals surface area contributed by atoms with Crippen LogP contribution in [0.5, 0.6) is 0 Å². The predicted molar refractivity (Wildman–Crippen MR) is 73.0 cm³/mol. The van der Waals surface area contributed by atoms with Crippen molar-refractivity contribution in [2.75, 3.05) is 18.0 Å². The van der Waals surface area contributed by atoms with Crippen LogP contribution in [-0.4, -0.2) is 28.8 Å². The molecule has 1 aliphatic heterocycles. The molecule has 0 spiro atoms. The molecule has 2 unspecified atom stereocenters. The standard InChI is InChI=1S/C15H19F3N2O/c16-15(17,18)12-5-3-6-13(19-12)20-9-8-14(21)7-2-1-4-11(14)10-20/h3,5-6,11,21H,1-2,4,7-10H2. The van der Waals surface area contributed by atoms with Gasteiger partial charge in [0.2, 0.25) is 0 Å². The summed E-state index contributed by atoms with van der Waals surface area (Å²) in [6.45, 7) is 1.14. The zero-order chi connectivity index (χ0) is 15.1. The summed E-state index contributed by atoms with van der Waals surface area (Å²) < 4.78 is 38.2. The van der Waals surface area contributed by atoms with Gasteiger partial charge in [0.15, 0.2) is 0 Å². The number of fused-ring (bicyclic) bond motifs is 1. The first-order valence-electron chi connectivity index (χ1n) is 7.40. The molecule has 2 aliphatic rings. The van der Waals surface area contributed by atoms with Gasteiger partial charge in [-0.25, -0.2) is 4.98 Å². The fourth-order valence-electron chi connectivity index (χ4n) is 3.54. The van der Waals surface area contributed by atoms with Crippen LogP contribution in [0.25, 0.3) is 0 Å². The van der Waals surface area contributed by atoms with E-state index in [0.717, 1.165) is 31.7 Å². The van der Waals surface area contributed by atoms with Crippen molar-refractivity contribution in [1.82, 2.24) is 4.98 Å². The Hall–Kier alpha value is -1.30. The Labute approximate surface area is 121 Å². The smallest absolute Gasteiger partial charge is 0.389 e. The van der Waals surface area contributed by atoms with Gasteiger partial charge < -0.3 is 10.0 Å².